The van der Waals surface area contributed by atoms with Crippen LogP contribution < -0.4 is 25.1 Å². The molecule has 1 aromatic carbocycles. The molecule has 0 aliphatic carbocycles. The number of rotatable bonds is 8. The predicted octanol–water partition coefficient (Wildman–Crippen LogP) is 0.460. The summed E-state index contributed by atoms with van der Waals surface area (Å²) in [6.45, 7) is 7.94. The third-order valence-electron chi connectivity index (χ3n) is 3.88. The molecule has 1 aliphatic rings. The molecule has 0 amide bonds. The lowest BCUT2D eigenvalue weighted by Crippen LogP contribution is -3.14. The minimum Gasteiger partial charge on any atom is -0.493 e. The summed E-state index contributed by atoms with van der Waals surface area (Å²) in [7, 11) is 1.57. The molecule has 7 nitrogen and oxygen atoms in total. The van der Waals surface area contributed by atoms with Crippen LogP contribution in [0, 0.1) is 0 Å². The van der Waals surface area contributed by atoms with Crippen molar-refractivity contribution in [1.29, 1.82) is 0 Å². The van der Waals surface area contributed by atoms with Crippen LogP contribution in [-0.2, 0) is 4.74 Å². The van der Waals surface area contributed by atoms with E-state index in [0.717, 1.165) is 45.0 Å². The maximum atomic E-state index is 6.24. The molecular formula is C17H26ClN4O3S+. The minimum atomic E-state index is 0.474. The number of quaternary nitrogens is 1. The fraction of sp³-hybridized carbons (Fsp3) is 0.529. The number of nitrogens with zero attached hydrogens (tertiary/aromatic N) is 1. The third kappa shape index (κ3) is 6.60. The highest BCUT2D eigenvalue weighted by Gasteiger charge is 2.13. The number of ether oxygens (including phenoxy) is 3. The Bertz CT molecular complexity index is 624. The van der Waals surface area contributed by atoms with Crippen LogP contribution in [0.1, 0.15) is 12.5 Å². The van der Waals surface area contributed by atoms with Crippen molar-refractivity contribution < 1.29 is 19.1 Å². The molecule has 1 aromatic rings. The number of nitrogens with one attached hydrogen (secondary N) is 3. The number of thiocarbonyl (C=S) groups is 1. The molecule has 0 bridgehead atoms. The van der Waals surface area contributed by atoms with E-state index < -0.39 is 0 Å². The monoisotopic (exact) mass is 401 g/mol. The quantitative estimate of drug-likeness (QED) is 0.334. The number of hydrogen-bond acceptors (Lipinski definition) is 5. The first-order valence-electron chi connectivity index (χ1n) is 8.62. The van der Waals surface area contributed by atoms with E-state index in [4.69, 9.17) is 38.0 Å². The molecule has 1 heterocycles. The normalized spacial score (nSPS) is 15.0. The van der Waals surface area contributed by atoms with Crippen LogP contribution >= 0.6 is 23.8 Å². The molecular weight excluding hydrogens is 376 g/mol. The van der Waals surface area contributed by atoms with Crippen LogP contribution in [0.15, 0.2) is 17.2 Å². The molecule has 26 heavy (non-hydrogen) atoms. The Labute approximate surface area is 164 Å². The van der Waals surface area contributed by atoms with E-state index in [1.807, 2.05) is 6.92 Å². The van der Waals surface area contributed by atoms with Gasteiger partial charge in [0.1, 0.15) is 13.1 Å². The van der Waals surface area contributed by atoms with Gasteiger partial charge in [-0.1, -0.05) is 11.6 Å². The van der Waals surface area contributed by atoms with E-state index in [1.54, 1.807) is 25.5 Å². The Morgan fingerprint density at radius 1 is 1.42 bits per heavy atom. The fourth-order valence-electron chi connectivity index (χ4n) is 2.57. The summed E-state index contributed by atoms with van der Waals surface area (Å²) in [5.74, 6) is 1.10. The molecule has 1 fully saturated rings. The van der Waals surface area contributed by atoms with Crippen molar-refractivity contribution in [3.05, 3.63) is 22.7 Å². The first kappa shape index (κ1) is 20.7. The summed E-state index contributed by atoms with van der Waals surface area (Å²) in [4.78, 5) is 1.52. The van der Waals surface area contributed by atoms with Gasteiger partial charge in [0.2, 0.25) is 0 Å². The van der Waals surface area contributed by atoms with Gasteiger partial charge in [-0.2, -0.15) is 5.10 Å². The van der Waals surface area contributed by atoms with Crippen LogP contribution in [0.4, 0.5) is 0 Å². The molecule has 0 aromatic heterocycles. The lowest BCUT2D eigenvalue weighted by atomic mass is 10.2. The largest absolute Gasteiger partial charge is 0.493 e. The van der Waals surface area contributed by atoms with Gasteiger partial charge in [-0.25, -0.2) is 0 Å². The maximum absolute atomic E-state index is 6.24. The van der Waals surface area contributed by atoms with Gasteiger partial charge < -0.3 is 24.4 Å². The van der Waals surface area contributed by atoms with Crippen molar-refractivity contribution in [2.45, 2.75) is 6.92 Å². The fourth-order valence-corrected chi connectivity index (χ4v) is 3.00. The zero-order valence-electron chi connectivity index (χ0n) is 15.1. The molecule has 3 N–H and O–H groups in total. The Hall–Kier alpha value is -1.61. The molecule has 144 valence electrons. The molecule has 0 unspecified atom stereocenters. The molecule has 0 saturated carbocycles. The zero-order valence-corrected chi connectivity index (χ0v) is 16.7. The molecule has 9 heteroatoms. The summed E-state index contributed by atoms with van der Waals surface area (Å²) in [5.41, 5.74) is 3.59. The summed E-state index contributed by atoms with van der Waals surface area (Å²) >= 11 is 11.5. The Morgan fingerprint density at radius 2 is 2.19 bits per heavy atom. The lowest BCUT2D eigenvalue weighted by Gasteiger charge is -2.23. The van der Waals surface area contributed by atoms with Gasteiger partial charge in [0.15, 0.2) is 16.6 Å². The molecule has 1 saturated heterocycles. The number of morpholine rings is 1. The van der Waals surface area contributed by atoms with Gasteiger partial charge in [0.05, 0.1) is 51.3 Å². The molecule has 2 rings (SSSR count). The summed E-state index contributed by atoms with van der Waals surface area (Å²) in [6.07, 6.45) is 1.63. The Kier molecular flexibility index (Phi) is 8.90. The van der Waals surface area contributed by atoms with Crippen molar-refractivity contribution in [3.63, 3.8) is 0 Å². The average Bonchev–Trinajstić information content (AvgIpc) is 2.64. The highest BCUT2D eigenvalue weighted by atomic mass is 35.5. The van der Waals surface area contributed by atoms with Crippen LogP contribution in [0.3, 0.4) is 0 Å². The van der Waals surface area contributed by atoms with Crippen LogP contribution in [-0.4, -0.2) is 64.4 Å². The molecule has 0 spiro atoms. The maximum Gasteiger partial charge on any atom is 0.187 e. The number of methoxy groups -OCH3 is 1. The smallest absolute Gasteiger partial charge is 0.187 e. The second-order valence-corrected chi connectivity index (χ2v) is 6.52. The third-order valence-corrected chi connectivity index (χ3v) is 4.40. The van der Waals surface area contributed by atoms with Gasteiger partial charge in [0, 0.05) is 0 Å². The molecule has 0 radical (unpaired) electrons. The van der Waals surface area contributed by atoms with Gasteiger partial charge in [-0.05, 0) is 36.8 Å². The SMILES string of the molecule is CCOc1c(Cl)cc(/C=N\NC(=S)NCC[NH+]2CCOCC2)cc1OC. The predicted molar refractivity (Wildman–Crippen MR) is 107 cm³/mol. The minimum absolute atomic E-state index is 0.474. The van der Waals surface area contributed by atoms with Crippen molar-refractivity contribution in [2.24, 2.45) is 5.10 Å². The highest BCUT2D eigenvalue weighted by molar-refractivity contribution is 7.80. The van der Waals surface area contributed by atoms with Crippen molar-refractivity contribution in [2.75, 3.05) is 53.1 Å². The first-order valence-corrected chi connectivity index (χ1v) is 9.41. The van der Waals surface area contributed by atoms with E-state index in [1.165, 1.54) is 4.90 Å². The summed E-state index contributed by atoms with van der Waals surface area (Å²) < 4.78 is 16.2. The lowest BCUT2D eigenvalue weighted by molar-refractivity contribution is -0.906. The van der Waals surface area contributed by atoms with E-state index in [9.17, 15) is 0 Å². The van der Waals surface area contributed by atoms with E-state index >= 15 is 0 Å². The van der Waals surface area contributed by atoms with Gasteiger partial charge in [-0.15, -0.1) is 0 Å². The summed E-state index contributed by atoms with van der Waals surface area (Å²) in [6, 6.07) is 3.57. The number of hydrazone groups is 1. The number of benzene rings is 1. The van der Waals surface area contributed by atoms with Crippen molar-refractivity contribution in [1.82, 2.24) is 10.7 Å². The molecule has 0 atom stereocenters. The number of hydrogen-bond donors (Lipinski definition) is 3. The van der Waals surface area contributed by atoms with Crippen molar-refractivity contribution >= 4 is 35.1 Å². The number of halogens is 1. The second kappa shape index (κ2) is 11.2. The van der Waals surface area contributed by atoms with Crippen molar-refractivity contribution in [3.8, 4) is 11.5 Å². The second-order valence-electron chi connectivity index (χ2n) is 5.71. The molecule has 1 aliphatic heterocycles. The van der Waals surface area contributed by atoms with Crippen LogP contribution in [0.2, 0.25) is 5.02 Å². The zero-order chi connectivity index (χ0) is 18.8. The first-order chi connectivity index (χ1) is 12.6. The Balaban J connectivity index is 1.79. The van der Waals surface area contributed by atoms with E-state index in [0.29, 0.717) is 28.2 Å². The van der Waals surface area contributed by atoms with Gasteiger partial charge in [0.25, 0.3) is 0 Å². The summed E-state index contributed by atoms with van der Waals surface area (Å²) in [5, 5.41) is 8.25. The van der Waals surface area contributed by atoms with Crippen LogP contribution in [0.5, 0.6) is 11.5 Å². The van der Waals surface area contributed by atoms with Gasteiger partial charge in [-0.3, -0.25) is 5.43 Å². The van der Waals surface area contributed by atoms with E-state index in [-0.39, 0.29) is 0 Å². The topological polar surface area (TPSA) is 68.5 Å². The average molecular weight is 402 g/mol. The standard InChI is InChI=1S/C17H25ClN4O3S/c1-3-25-16-14(18)10-13(11-15(16)23-2)12-20-21-17(26)19-4-5-22-6-8-24-9-7-22/h10-12H,3-9H2,1-2H3,(H2,19,21,26)/p+1/b20-12-. The van der Waals surface area contributed by atoms with Crippen LogP contribution in [0.25, 0.3) is 0 Å². The van der Waals surface area contributed by atoms with Gasteiger partial charge >= 0.3 is 0 Å². The Morgan fingerprint density at radius 3 is 2.88 bits per heavy atom. The highest BCUT2D eigenvalue weighted by Crippen LogP contribution is 2.35. The van der Waals surface area contributed by atoms with E-state index in [2.05, 4.69) is 15.8 Å².